The molecule has 9 heteroatoms. The first-order valence-electron chi connectivity index (χ1n) is 10.7. The number of hydrogen-bond donors (Lipinski definition) is 4. The molecular formula is C26H19N3O6. The van der Waals surface area contributed by atoms with E-state index in [0.29, 0.717) is 5.69 Å². The summed E-state index contributed by atoms with van der Waals surface area (Å²) in [5.74, 6) is -2.05. The van der Waals surface area contributed by atoms with Crippen molar-refractivity contribution in [1.82, 2.24) is 0 Å². The molecule has 0 radical (unpaired) electrons. The minimum absolute atomic E-state index is 0.0441. The Morgan fingerprint density at radius 2 is 1.31 bits per heavy atom. The molecule has 5 aromatic carbocycles. The number of benzene rings is 5. The van der Waals surface area contributed by atoms with Gasteiger partial charge in [0.25, 0.3) is 17.5 Å². The van der Waals surface area contributed by atoms with Gasteiger partial charge in [0.05, 0.1) is 4.92 Å². The lowest BCUT2D eigenvalue weighted by atomic mass is 9.93. The number of nitro groups is 1. The molecule has 0 saturated carbocycles. The van der Waals surface area contributed by atoms with E-state index in [0.717, 1.165) is 38.4 Å². The van der Waals surface area contributed by atoms with Crippen LogP contribution in [0.3, 0.4) is 0 Å². The highest BCUT2D eigenvalue weighted by Gasteiger charge is 2.31. The molecule has 0 aromatic heterocycles. The summed E-state index contributed by atoms with van der Waals surface area (Å²) in [5, 5.41) is 42.2. The monoisotopic (exact) mass is 469 g/mol. The lowest BCUT2D eigenvalue weighted by Crippen LogP contribution is -2.45. The topological polar surface area (TPSA) is 142 Å². The van der Waals surface area contributed by atoms with E-state index < -0.39 is 28.9 Å². The first kappa shape index (κ1) is 22.2. The van der Waals surface area contributed by atoms with E-state index in [9.17, 15) is 29.9 Å². The standard InChI is InChI=1S/C26H19N3O6/c30-23(25(32)27-17-5-2-6-18(13-17)29(34)35)24(31)26(33)28-20-12-10-16-8-7-14-3-1-4-15-9-11-19(20)22(16)21(14)15/h1-13,23-24,30-31H,(H,27,32)(H,28,33)/t23-,24-/m0/s1. The quantitative estimate of drug-likeness (QED) is 0.169. The van der Waals surface area contributed by atoms with Crippen molar-refractivity contribution in [2.24, 2.45) is 0 Å². The number of nitrogens with one attached hydrogen (secondary N) is 2. The predicted molar refractivity (Wildman–Crippen MR) is 133 cm³/mol. The molecule has 2 atom stereocenters. The lowest BCUT2D eigenvalue weighted by molar-refractivity contribution is -0.384. The molecule has 2 amide bonds. The average molecular weight is 469 g/mol. The normalized spacial score (nSPS) is 13.1. The van der Waals surface area contributed by atoms with Crippen LogP contribution in [0.25, 0.3) is 32.3 Å². The third-order valence-electron chi connectivity index (χ3n) is 5.95. The SMILES string of the molecule is O=C(Nc1cccc([N+](=O)[O-])c1)[C@@H](O)[C@H](O)C(=O)Nc1ccc2ccc3cccc4ccc1c2c34. The highest BCUT2D eigenvalue weighted by Crippen LogP contribution is 2.37. The van der Waals surface area contributed by atoms with Crippen LogP contribution >= 0.6 is 0 Å². The van der Waals surface area contributed by atoms with Crippen molar-refractivity contribution in [3.63, 3.8) is 0 Å². The number of rotatable bonds is 6. The molecule has 0 saturated heterocycles. The maximum Gasteiger partial charge on any atom is 0.271 e. The fourth-order valence-electron chi connectivity index (χ4n) is 4.25. The fourth-order valence-corrected chi connectivity index (χ4v) is 4.25. The largest absolute Gasteiger partial charge is 0.380 e. The van der Waals surface area contributed by atoms with Crippen LogP contribution in [0.2, 0.25) is 0 Å². The van der Waals surface area contributed by atoms with Gasteiger partial charge in [-0.05, 0) is 39.1 Å². The molecule has 0 aliphatic carbocycles. The zero-order valence-corrected chi connectivity index (χ0v) is 18.1. The molecule has 0 spiro atoms. The average Bonchev–Trinajstić information content (AvgIpc) is 2.87. The van der Waals surface area contributed by atoms with Crippen LogP contribution in [0.15, 0.2) is 78.9 Å². The van der Waals surface area contributed by atoms with Gasteiger partial charge >= 0.3 is 0 Å². The number of amides is 2. The third kappa shape index (κ3) is 3.99. The second-order valence-electron chi connectivity index (χ2n) is 8.14. The summed E-state index contributed by atoms with van der Waals surface area (Å²) in [4.78, 5) is 35.4. The summed E-state index contributed by atoms with van der Waals surface area (Å²) in [6.07, 6.45) is -4.18. The Hall–Kier alpha value is -4.60. The lowest BCUT2D eigenvalue weighted by Gasteiger charge is -2.19. The van der Waals surface area contributed by atoms with Crippen LogP contribution in [0.4, 0.5) is 17.1 Å². The predicted octanol–water partition coefficient (Wildman–Crippen LogP) is 3.79. The maximum atomic E-state index is 12.7. The molecular weight excluding hydrogens is 450 g/mol. The van der Waals surface area contributed by atoms with Crippen molar-refractivity contribution in [2.45, 2.75) is 12.2 Å². The van der Waals surface area contributed by atoms with Crippen molar-refractivity contribution in [3.05, 3.63) is 89.0 Å². The van der Waals surface area contributed by atoms with Crippen LogP contribution in [-0.2, 0) is 9.59 Å². The van der Waals surface area contributed by atoms with Crippen LogP contribution in [-0.4, -0.2) is 39.2 Å². The van der Waals surface area contributed by atoms with Crippen molar-refractivity contribution < 1.29 is 24.7 Å². The Labute approximate surface area is 198 Å². The zero-order valence-electron chi connectivity index (χ0n) is 18.1. The third-order valence-corrected chi connectivity index (χ3v) is 5.95. The number of nitrogens with zero attached hydrogens (tertiary/aromatic N) is 1. The highest BCUT2D eigenvalue weighted by atomic mass is 16.6. The summed E-state index contributed by atoms with van der Waals surface area (Å²) in [5.41, 5.74) is 0.207. The summed E-state index contributed by atoms with van der Waals surface area (Å²) in [6.45, 7) is 0. The number of hydrogen-bond acceptors (Lipinski definition) is 6. The van der Waals surface area contributed by atoms with Gasteiger partial charge < -0.3 is 20.8 Å². The molecule has 35 heavy (non-hydrogen) atoms. The van der Waals surface area contributed by atoms with Gasteiger partial charge in [0.1, 0.15) is 0 Å². The Morgan fingerprint density at radius 1 is 0.743 bits per heavy atom. The second kappa shape index (κ2) is 8.64. The molecule has 0 aliphatic rings. The molecule has 9 nitrogen and oxygen atoms in total. The maximum absolute atomic E-state index is 12.7. The fraction of sp³-hybridized carbons (Fsp3) is 0.0769. The van der Waals surface area contributed by atoms with Gasteiger partial charge in [-0.2, -0.15) is 0 Å². The summed E-state index contributed by atoms with van der Waals surface area (Å²) in [7, 11) is 0. The number of carbonyl (C=O) groups excluding carboxylic acids is 2. The van der Waals surface area contributed by atoms with Crippen LogP contribution in [0, 0.1) is 10.1 Å². The molecule has 0 aliphatic heterocycles. The Balaban J connectivity index is 1.38. The number of aliphatic hydroxyl groups is 2. The minimum atomic E-state index is -2.10. The van der Waals surface area contributed by atoms with Crippen molar-refractivity contribution in [2.75, 3.05) is 10.6 Å². The summed E-state index contributed by atoms with van der Waals surface area (Å²) < 4.78 is 0. The smallest absolute Gasteiger partial charge is 0.271 e. The van der Waals surface area contributed by atoms with E-state index in [1.807, 2.05) is 48.5 Å². The van der Waals surface area contributed by atoms with E-state index in [2.05, 4.69) is 10.6 Å². The van der Waals surface area contributed by atoms with Crippen LogP contribution < -0.4 is 10.6 Å². The molecule has 5 rings (SSSR count). The van der Waals surface area contributed by atoms with E-state index in [-0.39, 0.29) is 11.4 Å². The summed E-state index contributed by atoms with van der Waals surface area (Å²) in [6, 6.07) is 22.5. The minimum Gasteiger partial charge on any atom is -0.380 e. The van der Waals surface area contributed by atoms with Gasteiger partial charge in [0.2, 0.25) is 0 Å². The Kier molecular flexibility index (Phi) is 5.48. The molecule has 4 N–H and O–H groups in total. The van der Waals surface area contributed by atoms with Gasteiger partial charge in [0, 0.05) is 28.9 Å². The highest BCUT2D eigenvalue weighted by molar-refractivity contribution is 6.26. The first-order chi connectivity index (χ1) is 16.8. The van der Waals surface area contributed by atoms with Crippen LogP contribution in [0.5, 0.6) is 0 Å². The molecule has 5 aromatic rings. The van der Waals surface area contributed by atoms with Crippen LogP contribution in [0.1, 0.15) is 0 Å². The molecule has 0 heterocycles. The number of non-ortho nitro benzene ring substituents is 1. The molecule has 0 fully saturated rings. The van der Waals surface area contributed by atoms with E-state index in [1.54, 1.807) is 6.07 Å². The van der Waals surface area contributed by atoms with E-state index >= 15 is 0 Å². The van der Waals surface area contributed by atoms with Gasteiger partial charge in [-0.25, -0.2) is 0 Å². The van der Waals surface area contributed by atoms with Gasteiger partial charge in [0.15, 0.2) is 12.2 Å². The molecule has 174 valence electrons. The number of nitro benzene ring substituents is 1. The summed E-state index contributed by atoms with van der Waals surface area (Å²) >= 11 is 0. The Bertz CT molecular complexity index is 1600. The number of carbonyl (C=O) groups is 2. The Morgan fingerprint density at radius 3 is 2.00 bits per heavy atom. The van der Waals surface area contributed by atoms with Gasteiger partial charge in [-0.1, -0.05) is 54.6 Å². The van der Waals surface area contributed by atoms with E-state index in [4.69, 9.17) is 0 Å². The zero-order chi connectivity index (χ0) is 24.7. The van der Waals surface area contributed by atoms with E-state index in [1.165, 1.54) is 18.2 Å². The van der Waals surface area contributed by atoms with Gasteiger partial charge in [-0.3, -0.25) is 19.7 Å². The molecule has 0 unspecified atom stereocenters. The van der Waals surface area contributed by atoms with Crippen molar-refractivity contribution in [1.29, 1.82) is 0 Å². The number of aliphatic hydroxyl groups excluding tert-OH is 2. The van der Waals surface area contributed by atoms with Crippen molar-refractivity contribution >= 4 is 61.2 Å². The van der Waals surface area contributed by atoms with Crippen molar-refractivity contribution in [3.8, 4) is 0 Å². The number of anilines is 2. The van der Waals surface area contributed by atoms with Gasteiger partial charge in [-0.15, -0.1) is 0 Å². The second-order valence-corrected chi connectivity index (χ2v) is 8.14. The first-order valence-corrected chi connectivity index (χ1v) is 10.7. The molecule has 0 bridgehead atoms.